The quantitative estimate of drug-likeness (QED) is 0.896. The Balaban J connectivity index is 0.00000144. The molecule has 1 unspecified atom stereocenters. The van der Waals surface area contributed by atoms with Crippen molar-refractivity contribution in [2.45, 2.75) is 13.8 Å². The molecule has 1 aliphatic rings. The minimum absolute atomic E-state index is 0. The Hall–Kier alpha value is -0.840. The SMILES string of the molecule is Cc1ccnc(NC(=O)C(C)C2CNC2)c1.Cl.Cl. The minimum Gasteiger partial charge on any atom is -0.316 e. The summed E-state index contributed by atoms with van der Waals surface area (Å²) in [6.45, 7) is 5.83. The summed E-state index contributed by atoms with van der Waals surface area (Å²) in [7, 11) is 0. The van der Waals surface area contributed by atoms with Crippen molar-refractivity contribution >= 4 is 36.5 Å². The molecule has 0 saturated carbocycles. The van der Waals surface area contributed by atoms with Crippen LogP contribution >= 0.6 is 24.8 Å². The van der Waals surface area contributed by atoms with Crippen LogP contribution in [0.2, 0.25) is 0 Å². The van der Waals surface area contributed by atoms with E-state index in [1.807, 2.05) is 26.0 Å². The molecule has 0 bridgehead atoms. The lowest BCUT2D eigenvalue weighted by molar-refractivity contribution is -0.121. The number of rotatable bonds is 3. The highest BCUT2D eigenvalue weighted by Crippen LogP contribution is 2.17. The van der Waals surface area contributed by atoms with Gasteiger partial charge in [-0.3, -0.25) is 4.79 Å². The van der Waals surface area contributed by atoms with Crippen LogP contribution in [-0.4, -0.2) is 24.0 Å². The minimum atomic E-state index is 0. The number of aromatic nitrogens is 1. The molecule has 0 aliphatic carbocycles. The van der Waals surface area contributed by atoms with E-state index in [4.69, 9.17) is 0 Å². The molecule has 1 amide bonds. The summed E-state index contributed by atoms with van der Waals surface area (Å²) in [5.74, 6) is 1.21. The maximum absolute atomic E-state index is 11.9. The third-order valence-corrected chi connectivity index (χ3v) is 3.10. The van der Waals surface area contributed by atoms with Crippen molar-refractivity contribution in [3.63, 3.8) is 0 Å². The van der Waals surface area contributed by atoms with Crippen LogP contribution in [0.5, 0.6) is 0 Å². The molecule has 1 saturated heterocycles. The fraction of sp³-hybridized carbons (Fsp3) is 0.500. The zero-order chi connectivity index (χ0) is 11.5. The molecule has 2 rings (SSSR count). The van der Waals surface area contributed by atoms with E-state index in [1.54, 1.807) is 6.20 Å². The molecule has 102 valence electrons. The molecule has 1 aliphatic heterocycles. The van der Waals surface area contributed by atoms with Gasteiger partial charge in [0.05, 0.1) is 0 Å². The molecule has 0 spiro atoms. The molecule has 2 N–H and O–H groups in total. The maximum atomic E-state index is 11.9. The van der Waals surface area contributed by atoms with Crippen LogP contribution in [0.15, 0.2) is 18.3 Å². The zero-order valence-electron chi connectivity index (χ0n) is 10.5. The third kappa shape index (κ3) is 4.12. The van der Waals surface area contributed by atoms with Gasteiger partial charge in [0.25, 0.3) is 0 Å². The van der Waals surface area contributed by atoms with Crippen LogP contribution in [-0.2, 0) is 4.79 Å². The van der Waals surface area contributed by atoms with Gasteiger partial charge in [0.1, 0.15) is 5.82 Å². The van der Waals surface area contributed by atoms with Crippen molar-refractivity contribution < 1.29 is 4.79 Å². The molecule has 4 nitrogen and oxygen atoms in total. The summed E-state index contributed by atoms with van der Waals surface area (Å²) in [4.78, 5) is 16.0. The lowest BCUT2D eigenvalue weighted by Gasteiger charge is -2.31. The van der Waals surface area contributed by atoms with Crippen LogP contribution in [0.1, 0.15) is 12.5 Å². The van der Waals surface area contributed by atoms with E-state index < -0.39 is 0 Å². The number of nitrogens with one attached hydrogen (secondary N) is 2. The number of hydrogen-bond donors (Lipinski definition) is 2. The summed E-state index contributed by atoms with van der Waals surface area (Å²) < 4.78 is 0. The molecular weight excluding hydrogens is 273 g/mol. The second-order valence-corrected chi connectivity index (χ2v) is 4.41. The van der Waals surface area contributed by atoms with Crippen molar-refractivity contribution in [3.8, 4) is 0 Å². The number of anilines is 1. The number of nitrogens with zero attached hydrogens (tertiary/aromatic N) is 1. The number of carbonyl (C=O) groups excluding carboxylic acids is 1. The highest BCUT2D eigenvalue weighted by Gasteiger charge is 2.28. The number of aryl methyl sites for hydroxylation is 1. The smallest absolute Gasteiger partial charge is 0.228 e. The number of halogens is 2. The van der Waals surface area contributed by atoms with Crippen LogP contribution in [0, 0.1) is 18.8 Å². The highest BCUT2D eigenvalue weighted by molar-refractivity contribution is 5.91. The largest absolute Gasteiger partial charge is 0.316 e. The molecule has 2 heterocycles. The Morgan fingerprint density at radius 1 is 1.50 bits per heavy atom. The second-order valence-electron chi connectivity index (χ2n) is 4.41. The van der Waals surface area contributed by atoms with Crippen molar-refractivity contribution in [1.82, 2.24) is 10.3 Å². The fourth-order valence-electron chi connectivity index (χ4n) is 1.72. The monoisotopic (exact) mass is 291 g/mol. The Kier molecular flexibility index (Phi) is 7.21. The van der Waals surface area contributed by atoms with Gasteiger partial charge in [-0.2, -0.15) is 0 Å². The van der Waals surface area contributed by atoms with Crippen molar-refractivity contribution in [1.29, 1.82) is 0 Å². The van der Waals surface area contributed by atoms with Gasteiger partial charge < -0.3 is 10.6 Å². The molecule has 1 atom stereocenters. The lowest BCUT2D eigenvalue weighted by atomic mass is 9.88. The van der Waals surface area contributed by atoms with Gasteiger partial charge in [0.2, 0.25) is 5.91 Å². The topological polar surface area (TPSA) is 54.0 Å². The molecule has 1 aromatic rings. The van der Waals surface area contributed by atoms with Gasteiger partial charge in [-0.15, -0.1) is 24.8 Å². The predicted octanol–water partition coefficient (Wildman–Crippen LogP) is 2.03. The van der Waals surface area contributed by atoms with E-state index in [0.29, 0.717) is 11.7 Å². The number of hydrogen-bond acceptors (Lipinski definition) is 3. The molecule has 0 aromatic carbocycles. The number of pyridine rings is 1. The first-order valence-electron chi connectivity index (χ1n) is 5.61. The first kappa shape index (κ1) is 17.2. The van der Waals surface area contributed by atoms with E-state index in [1.165, 1.54) is 0 Å². The molecular formula is C12H19Cl2N3O. The molecule has 1 aromatic heterocycles. The maximum Gasteiger partial charge on any atom is 0.228 e. The van der Waals surface area contributed by atoms with Gasteiger partial charge in [0, 0.05) is 12.1 Å². The van der Waals surface area contributed by atoms with E-state index >= 15 is 0 Å². The third-order valence-electron chi connectivity index (χ3n) is 3.10. The van der Waals surface area contributed by atoms with Crippen LogP contribution in [0.4, 0.5) is 5.82 Å². The Morgan fingerprint density at radius 3 is 2.67 bits per heavy atom. The summed E-state index contributed by atoms with van der Waals surface area (Å²) >= 11 is 0. The summed E-state index contributed by atoms with van der Waals surface area (Å²) in [5, 5.41) is 6.03. The van der Waals surface area contributed by atoms with Gasteiger partial charge in [-0.05, 0) is 43.6 Å². The zero-order valence-corrected chi connectivity index (χ0v) is 12.1. The van der Waals surface area contributed by atoms with Gasteiger partial charge in [-0.1, -0.05) is 6.92 Å². The summed E-state index contributed by atoms with van der Waals surface area (Å²) in [5.41, 5.74) is 1.10. The molecule has 1 fully saturated rings. The Morgan fingerprint density at radius 2 is 2.17 bits per heavy atom. The normalized spacial score (nSPS) is 15.7. The first-order valence-corrected chi connectivity index (χ1v) is 5.61. The van der Waals surface area contributed by atoms with Gasteiger partial charge in [-0.25, -0.2) is 4.98 Å². The predicted molar refractivity (Wildman–Crippen MR) is 77.6 cm³/mol. The van der Waals surface area contributed by atoms with Crippen molar-refractivity contribution in [2.75, 3.05) is 18.4 Å². The molecule has 18 heavy (non-hydrogen) atoms. The summed E-state index contributed by atoms with van der Waals surface area (Å²) in [6.07, 6.45) is 1.71. The Labute approximate surface area is 120 Å². The van der Waals surface area contributed by atoms with E-state index in [9.17, 15) is 4.79 Å². The van der Waals surface area contributed by atoms with Crippen molar-refractivity contribution in [2.24, 2.45) is 11.8 Å². The van der Waals surface area contributed by atoms with E-state index in [0.717, 1.165) is 18.7 Å². The van der Waals surface area contributed by atoms with Crippen LogP contribution in [0.25, 0.3) is 0 Å². The highest BCUT2D eigenvalue weighted by atomic mass is 35.5. The lowest BCUT2D eigenvalue weighted by Crippen LogP contribution is -2.48. The average Bonchev–Trinajstić information content (AvgIpc) is 2.14. The molecule has 0 radical (unpaired) electrons. The molecule has 6 heteroatoms. The average molecular weight is 292 g/mol. The number of amides is 1. The van der Waals surface area contributed by atoms with Crippen LogP contribution < -0.4 is 10.6 Å². The summed E-state index contributed by atoms with van der Waals surface area (Å²) in [6, 6.07) is 3.79. The second kappa shape index (κ2) is 7.56. The van der Waals surface area contributed by atoms with Gasteiger partial charge in [0.15, 0.2) is 0 Å². The van der Waals surface area contributed by atoms with Crippen LogP contribution in [0.3, 0.4) is 0 Å². The standard InChI is InChI=1S/C12H17N3O.2ClH/c1-8-3-4-14-11(5-8)15-12(16)9(2)10-6-13-7-10;;/h3-5,9-10,13H,6-7H2,1-2H3,(H,14,15,16);2*1H. The number of carbonyl (C=O) groups is 1. The fourth-order valence-corrected chi connectivity index (χ4v) is 1.72. The first-order chi connectivity index (χ1) is 7.66. The Bertz CT molecular complexity index is 397. The van der Waals surface area contributed by atoms with Crippen molar-refractivity contribution in [3.05, 3.63) is 23.9 Å². The van der Waals surface area contributed by atoms with E-state index in [-0.39, 0.29) is 36.6 Å². The van der Waals surface area contributed by atoms with Gasteiger partial charge >= 0.3 is 0 Å². The van der Waals surface area contributed by atoms with E-state index in [2.05, 4.69) is 15.6 Å².